The van der Waals surface area contributed by atoms with Crippen molar-refractivity contribution in [2.45, 2.75) is 452 Å². The maximum absolute atomic E-state index is 13.1. The number of phosphoric acid groups is 2. The number of carbonyl (C=O) groups is 4. The van der Waals surface area contributed by atoms with Crippen LogP contribution >= 0.6 is 15.6 Å². The lowest BCUT2D eigenvalue weighted by Gasteiger charge is -2.21. The van der Waals surface area contributed by atoms with Crippen molar-refractivity contribution in [3.63, 3.8) is 0 Å². The van der Waals surface area contributed by atoms with Crippen molar-refractivity contribution >= 4 is 39.5 Å². The number of carbonyl (C=O) groups excluding carboxylic acids is 4. The van der Waals surface area contributed by atoms with Crippen molar-refractivity contribution in [2.24, 2.45) is 11.8 Å². The molecule has 19 heteroatoms. The summed E-state index contributed by atoms with van der Waals surface area (Å²) in [5.41, 5.74) is 0. The van der Waals surface area contributed by atoms with Gasteiger partial charge in [-0.25, -0.2) is 9.13 Å². The van der Waals surface area contributed by atoms with Gasteiger partial charge in [0.05, 0.1) is 26.4 Å². The SMILES string of the molecule is CCCCCCCCCCCCCCCCCCCC(=O)O[C@H](COC(=O)CCCCCCCCCCCC)COP(=O)(O)OC[C@H](O)COP(=O)(O)OC[C@@H](COC(=O)CCCCCCCCCCCCCCCCC(C)C)OC(=O)CCCCCCCCCCCCCCCCC(C)C. The first-order valence-corrected chi connectivity index (χ1v) is 45.5. The number of hydrogen-bond acceptors (Lipinski definition) is 15. The summed E-state index contributed by atoms with van der Waals surface area (Å²) in [7, 11) is -9.92. The van der Waals surface area contributed by atoms with Crippen molar-refractivity contribution in [1.29, 1.82) is 0 Å². The molecule has 0 aromatic heterocycles. The largest absolute Gasteiger partial charge is 0.472 e. The van der Waals surface area contributed by atoms with Gasteiger partial charge in [0.15, 0.2) is 12.2 Å². The lowest BCUT2D eigenvalue weighted by Crippen LogP contribution is -2.30. The Balaban J connectivity index is 5.24. The van der Waals surface area contributed by atoms with Gasteiger partial charge in [0, 0.05) is 25.7 Å². The molecule has 0 saturated carbocycles. The number of ether oxygens (including phenoxy) is 4. The molecular formula is C82H160O17P2. The van der Waals surface area contributed by atoms with Crippen LogP contribution in [0.3, 0.4) is 0 Å². The van der Waals surface area contributed by atoms with Gasteiger partial charge in [0.25, 0.3) is 0 Å². The number of aliphatic hydroxyl groups excluding tert-OH is 1. The zero-order chi connectivity index (χ0) is 74.2. The van der Waals surface area contributed by atoms with E-state index >= 15 is 0 Å². The predicted molar refractivity (Wildman–Crippen MR) is 414 cm³/mol. The van der Waals surface area contributed by atoms with E-state index < -0.39 is 97.5 Å². The molecule has 600 valence electrons. The fourth-order valence-electron chi connectivity index (χ4n) is 12.7. The molecule has 0 saturated heterocycles. The van der Waals surface area contributed by atoms with Crippen LogP contribution in [-0.2, 0) is 65.4 Å². The summed E-state index contributed by atoms with van der Waals surface area (Å²) in [6, 6.07) is 0. The Morgan fingerprint density at radius 1 is 0.267 bits per heavy atom. The monoisotopic (exact) mass is 1480 g/mol. The van der Waals surface area contributed by atoms with Gasteiger partial charge in [-0.1, -0.05) is 382 Å². The van der Waals surface area contributed by atoms with Gasteiger partial charge in [-0.2, -0.15) is 0 Å². The Morgan fingerprint density at radius 3 is 0.673 bits per heavy atom. The molecule has 5 atom stereocenters. The quantitative estimate of drug-likeness (QED) is 0.0222. The smallest absolute Gasteiger partial charge is 0.462 e. The van der Waals surface area contributed by atoms with E-state index in [1.54, 1.807) is 0 Å². The minimum Gasteiger partial charge on any atom is -0.462 e. The Bertz CT molecular complexity index is 1940. The molecule has 0 rings (SSSR count). The fraction of sp³-hybridized carbons (Fsp3) is 0.951. The Morgan fingerprint density at radius 2 is 0.455 bits per heavy atom. The first-order valence-electron chi connectivity index (χ1n) is 42.5. The summed E-state index contributed by atoms with van der Waals surface area (Å²) in [6.07, 6.45) is 63.7. The second-order valence-corrected chi connectivity index (χ2v) is 33.4. The normalized spacial score (nSPS) is 13.9. The number of unbranched alkanes of at least 4 members (excludes halogenated alkanes) is 51. The second-order valence-electron chi connectivity index (χ2n) is 30.5. The molecule has 0 radical (unpaired) electrons. The highest BCUT2D eigenvalue weighted by molar-refractivity contribution is 7.47. The Hall–Kier alpha value is -1.94. The van der Waals surface area contributed by atoms with Crippen molar-refractivity contribution in [3.8, 4) is 0 Å². The number of esters is 4. The van der Waals surface area contributed by atoms with Crippen molar-refractivity contribution in [2.75, 3.05) is 39.6 Å². The van der Waals surface area contributed by atoms with Crippen LogP contribution in [0.25, 0.3) is 0 Å². The molecule has 0 aliphatic rings. The molecule has 0 amide bonds. The van der Waals surface area contributed by atoms with Crippen molar-refractivity contribution < 1.29 is 80.2 Å². The molecular weight excluding hydrogens is 1320 g/mol. The summed E-state index contributed by atoms with van der Waals surface area (Å²) in [4.78, 5) is 73.1. The van der Waals surface area contributed by atoms with E-state index in [-0.39, 0.29) is 25.7 Å². The van der Waals surface area contributed by atoms with Crippen LogP contribution in [0.15, 0.2) is 0 Å². The van der Waals surface area contributed by atoms with Gasteiger partial charge in [0.2, 0.25) is 0 Å². The van der Waals surface area contributed by atoms with Crippen LogP contribution in [0.5, 0.6) is 0 Å². The van der Waals surface area contributed by atoms with Crippen LogP contribution < -0.4 is 0 Å². The van der Waals surface area contributed by atoms with Crippen molar-refractivity contribution in [1.82, 2.24) is 0 Å². The van der Waals surface area contributed by atoms with E-state index in [4.69, 9.17) is 37.0 Å². The van der Waals surface area contributed by atoms with Gasteiger partial charge in [-0.3, -0.25) is 37.3 Å². The zero-order valence-corrected chi connectivity index (χ0v) is 68.0. The molecule has 0 aromatic rings. The third kappa shape index (κ3) is 76.1. The summed E-state index contributed by atoms with van der Waals surface area (Å²) in [5, 5.41) is 10.7. The zero-order valence-electron chi connectivity index (χ0n) is 66.2. The maximum Gasteiger partial charge on any atom is 0.472 e. The van der Waals surface area contributed by atoms with Gasteiger partial charge >= 0.3 is 39.5 Å². The first-order chi connectivity index (χ1) is 48.9. The lowest BCUT2D eigenvalue weighted by atomic mass is 10.0. The molecule has 101 heavy (non-hydrogen) atoms. The Kier molecular flexibility index (Phi) is 72.2. The molecule has 0 aliphatic carbocycles. The summed E-state index contributed by atoms with van der Waals surface area (Å²) < 4.78 is 68.8. The van der Waals surface area contributed by atoms with E-state index in [0.29, 0.717) is 25.7 Å². The van der Waals surface area contributed by atoms with Crippen LogP contribution in [0.4, 0.5) is 0 Å². The Labute approximate surface area is 619 Å². The van der Waals surface area contributed by atoms with Gasteiger partial charge in [-0.05, 0) is 37.5 Å². The fourth-order valence-corrected chi connectivity index (χ4v) is 14.3. The van der Waals surface area contributed by atoms with Crippen LogP contribution in [0.1, 0.15) is 433 Å². The van der Waals surface area contributed by atoms with Crippen molar-refractivity contribution in [3.05, 3.63) is 0 Å². The van der Waals surface area contributed by atoms with E-state index in [0.717, 1.165) is 102 Å². The molecule has 0 aromatic carbocycles. The second kappa shape index (κ2) is 73.6. The molecule has 3 N–H and O–H groups in total. The molecule has 2 unspecified atom stereocenters. The topological polar surface area (TPSA) is 237 Å². The van der Waals surface area contributed by atoms with Crippen LogP contribution in [0, 0.1) is 11.8 Å². The minimum absolute atomic E-state index is 0.108. The third-order valence-corrected chi connectivity index (χ3v) is 21.1. The average molecular weight is 1480 g/mol. The summed E-state index contributed by atoms with van der Waals surface area (Å²) in [5.74, 6) is -0.511. The van der Waals surface area contributed by atoms with Gasteiger partial charge in [-0.15, -0.1) is 0 Å². The molecule has 0 spiro atoms. The van der Waals surface area contributed by atoms with E-state index in [1.165, 1.54) is 250 Å². The number of phosphoric ester groups is 2. The highest BCUT2D eigenvalue weighted by Gasteiger charge is 2.30. The number of hydrogen-bond donors (Lipinski definition) is 3. The summed E-state index contributed by atoms with van der Waals surface area (Å²) >= 11 is 0. The molecule has 0 aliphatic heterocycles. The van der Waals surface area contributed by atoms with Crippen LogP contribution in [0.2, 0.25) is 0 Å². The lowest BCUT2D eigenvalue weighted by molar-refractivity contribution is -0.161. The average Bonchev–Trinajstić information content (AvgIpc) is 0.946. The van der Waals surface area contributed by atoms with Gasteiger partial charge < -0.3 is 33.8 Å². The minimum atomic E-state index is -4.96. The predicted octanol–water partition coefficient (Wildman–Crippen LogP) is 24.7. The first kappa shape index (κ1) is 99.1. The third-order valence-electron chi connectivity index (χ3n) is 19.2. The molecule has 17 nitrogen and oxygen atoms in total. The van der Waals surface area contributed by atoms with Gasteiger partial charge in [0.1, 0.15) is 19.3 Å². The standard InChI is InChI=1S/C82H160O17P2/c1-7-9-11-13-15-17-19-20-21-22-23-31-36-42-48-54-60-66-81(86)98-77(70-92-79(84)64-58-52-46-40-18-16-14-12-10-8-2)72-96-100(88,89)94-68-76(83)69-95-101(90,91)97-73-78(99-82(87)67-61-55-49-43-37-32-27-25-29-34-39-45-51-57-63-75(5)6)71-93-80(85)65-59-53-47-41-35-30-26-24-28-33-38-44-50-56-62-74(3)4/h74-78,83H,7-73H2,1-6H3,(H,88,89)(H,90,91)/t76-,77+,78+/m0/s1. The highest BCUT2D eigenvalue weighted by atomic mass is 31.2. The van der Waals surface area contributed by atoms with E-state index in [1.807, 2.05) is 0 Å². The number of rotatable bonds is 81. The van der Waals surface area contributed by atoms with E-state index in [9.17, 15) is 43.2 Å². The molecule has 0 bridgehead atoms. The molecule has 0 heterocycles. The highest BCUT2D eigenvalue weighted by Crippen LogP contribution is 2.45. The molecule has 0 fully saturated rings. The number of aliphatic hydroxyl groups is 1. The van der Waals surface area contributed by atoms with E-state index in [2.05, 4.69) is 41.5 Å². The maximum atomic E-state index is 13.1. The van der Waals surface area contributed by atoms with Crippen LogP contribution in [-0.4, -0.2) is 96.7 Å². The summed E-state index contributed by atoms with van der Waals surface area (Å²) in [6.45, 7) is 9.69.